The molecule has 2 rings (SSSR count). The van der Waals surface area contributed by atoms with Gasteiger partial charge < -0.3 is 5.11 Å². The van der Waals surface area contributed by atoms with E-state index in [1.807, 2.05) is 35.9 Å². The van der Waals surface area contributed by atoms with Crippen molar-refractivity contribution in [1.82, 2.24) is 0 Å². The smallest absolute Gasteiger partial charge is 0.0841 e. The van der Waals surface area contributed by atoms with Crippen molar-refractivity contribution in [1.29, 1.82) is 0 Å². The zero-order valence-electron chi connectivity index (χ0n) is 9.28. The summed E-state index contributed by atoms with van der Waals surface area (Å²) in [6, 6.07) is 5.73. The van der Waals surface area contributed by atoms with E-state index in [-0.39, 0.29) is 0 Å². The molecule has 0 aliphatic heterocycles. The van der Waals surface area contributed by atoms with Crippen molar-refractivity contribution in [3.05, 3.63) is 55.1 Å². The second-order valence-electron chi connectivity index (χ2n) is 3.97. The minimum Gasteiger partial charge on any atom is -0.388 e. The summed E-state index contributed by atoms with van der Waals surface area (Å²) < 4.78 is 0.951. The van der Waals surface area contributed by atoms with Gasteiger partial charge in [-0.25, -0.2) is 0 Å². The first-order valence-corrected chi connectivity index (χ1v) is 7.34. The molecule has 0 bridgehead atoms. The van der Waals surface area contributed by atoms with Gasteiger partial charge in [-0.1, -0.05) is 33.6 Å². The first kappa shape index (κ1) is 13.1. The predicted octanol–water partition coefficient (Wildman–Crippen LogP) is 4.75. The number of hydrogen-bond acceptors (Lipinski definition) is 2. The number of aryl methyl sites for hydroxylation is 1. The molecule has 4 heteroatoms. The molecule has 0 amide bonds. The standard InChI is InChI=1S/C13H12BrClOS/c1-8-6-17-7-11(8)13(16)4-9-2-3-10(14)5-12(9)15/h2-3,5-7,13,16H,4H2,1H3. The van der Waals surface area contributed by atoms with Crippen LogP contribution in [0.3, 0.4) is 0 Å². The van der Waals surface area contributed by atoms with E-state index in [2.05, 4.69) is 15.9 Å². The molecule has 0 saturated carbocycles. The summed E-state index contributed by atoms with van der Waals surface area (Å²) in [5, 5.41) is 14.9. The van der Waals surface area contributed by atoms with Gasteiger partial charge in [-0.05, 0) is 46.5 Å². The summed E-state index contributed by atoms with van der Waals surface area (Å²) in [6.07, 6.45) is 0.0591. The van der Waals surface area contributed by atoms with Crippen LogP contribution in [0.4, 0.5) is 0 Å². The molecular weight excluding hydrogens is 320 g/mol. The Morgan fingerprint density at radius 1 is 1.41 bits per heavy atom. The zero-order valence-corrected chi connectivity index (χ0v) is 12.4. The Labute approximate surface area is 118 Å². The molecule has 1 aromatic carbocycles. The third-order valence-corrected chi connectivity index (χ3v) is 4.41. The van der Waals surface area contributed by atoms with Gasteiger partial charge in [-0.2, -0.15) is 11.3 Å². The van der Waals surface area contributed by atoms with Gasteiger partial charge in [-0.3, -0.25) is 0 Å². The lowest BCUT2D eigenvalue weighted by atomic mass is 10.0. The summed E-state index contributed by atoms with van der Waals surface area (Å²) in [5.41, 5.74) is 3.10. The topological polar surface area (TPSA) is 20.2 Å². The Hall–Kier alpha value is -0.350. The first-order valence-electron chi connectivity index (χ1n) is 5.22. The van der Waals surface area contributed by atoms with Crippen molar-refractivity contribution in [3.8, 4) is 0 Å². The van der Waals surface area contributed by atoms with Crippen molar-refractivity contribution in [3.63, 3.8) is 0 Å². The fourth-order valence-electron chi connectivity index (χ4n) is 1.72. The molecule has 0 saturated heterocycles. The summed E-state index contributed by atoms with van der Waals surface area (Å²) in [7, 11) is 0. The van der Waals surface area contributed by atoms with Gasteiger partial charge in [0, 0.05) is 15.9 Å². The van der Waals surface area contributed by atoms with E-state index in [1.54, 1.807) is 11.3 Å². The molecule has 1 nitrogen and oxygen atoms in total. The molecule has 1 unspecified atom stereocenters. The van der Waals surface area contributed by atoms with Crippen LogP contribution in [0.15, 0.2) is 33.4 Å². The zero-order chi connectivity index (χ0) is 12.4. The number of thiophene rings is 1. The number of rotatable bonds is 3. The van der Waals surface area contributed by atoms with Crippen molar-refractivity contribution in [2.45, 2.75) is 19.4 Å². The van der Waals surface area contributed by atoms with E-state index in [1.165, 1.54) is 0 Å². The van der Waals surface area contributed by atoms with E-state index in [0.29, 0.717) is 11.4 Å². The second kappa shape index (κ2) is 5.53. The highest BCUT2D eigenvalue weighted by Crippen LogP contribution is 2.28. The Bertz CT molecular complexity index is 524. The maximum absolute atomic E-state index is 10.2. The monoisotopic (exact) mass is 330 g/mol. The average molecular weight is 332 g/mol. The fourth-order valence-corrected chi connectivity index (χ4v) is 3.37. The minimum atomic E-state index is -0.486. The Morgan fingerprint density at radius 3 is 2.76 bits per heavy atom. The van der Waals surface area contributed by atoms with Gasteiger partial charge in [0.1, 0.15) is 0 Å². The average Bonchev–Trinajstić information content (AvgIpc) is 2.68. The maximum Gasteiger partial charge on any atom is 0.0841 e. The number of halogens is 2. The Kier molecular flexibility index (Phi) is 4.26. The highest BCUT2D eigenvalue weighted by atomic mass is 79.9. The molecule has 1 N–H and O–H groups in total. The molecule has 90 valence electrons. The normalized spacial score (nSPS) is 12.7. The second-order valence-corrected chi connectivity index (χ2v) is 6.03. The van der Waals surface area contributed by atoms with Crippen molar-refractivity contribution < 1.29 is 5.11 Å². The molecule has 17 heavy (non-hydrogen) atoms. The van der Waals surface area contributed by atoms with E-state index in [0.717, 1.165) is 21.2 Å². The molecule has 0 radical (unpaired) electrons. The number of hydrogen-bond donors (Lipinski definition) is 1. The molecular formula is C13H12BrClOS. The van der Waals surface area contributed by atoms with Crippen LogP contribution in [-0.2, 0) is 6.42 Å². The van der Waals surface area contributed by atoms with Gasteiger partial charge in [0.05, 0.1) is 6.10 Å². The summed E-state index contributed by atoms with van der Waals surface area (Å²) in [6.45, 7) is 2.01. The SMILES string of the molecule is Cc1cscc1C(O)Cc1ccc(Br)cc1Cl. The van der Waals surface area contributed by atoms with Crippen molar-refractivity contribution >= 4 is 38.9 Å². The minimum absolute atomic E-state index is 0.486. The van der Waals surface area contributed by atoms with Gasteiger partial charge in [-0.15, -0.1) is 0 Å². The van der Waals surface area contributed by atoms with Gasteiger partial charge in [0.2, 0.25) is 0 Å². The molecule has 1 aromatic heterocycles. The Balaban J connectivity index is 2.19. The van der Waals surface area contributed by atoms with Crippen LogP contribution in [0.25, 0.3) is 0 Å². The van der Waals surface area contributed by atoms with Gasteiger partial charge in [0.15, 0.2) is 0 Å². The largest absolute Gasteiger partial charge is 0.388 e. The van der Waals surface area contributed by atoms with Crippen molar-refractivity contribution in [2.75, 3.05) is 0 Å². The van der Waals surface area contributed by atoms with Gasteiger partial charge in [0.25, 0.3) is 0 Å². The third-order valence-electron chi connectivity index (χ3n) is 2.68. The highest BCUT2D eigenvalue weighted by Gasteiger charge is 2.13. The summed E-state index contributed by atoms with van der Waals surface area (Å²) >= 11 is 11.1. The van der Waals surface area contributed by atoms with Crippen LogP contribution in [0, 0.1) is 6.92 Å². The molecule has 0 aliphatic carbocycles. The lowest BCUT2D eigenvalue weighted by Gasteiger charge is -2.12. The number of aliphatic hydroxyl groups excluding tert-OH is 1. The summed E-state index contributed by atoms with van der Waals surface area (Å²) in [5.74, 6) is 0. The molecule has 2 aromatic rings. The summed E-state index contributed by atoms with van der Waals surface area (Å²) in [4.78, 5) is 0. The third kappa shape index (κ3) is 3.10. The fraction of sp³-hybridized carbons (Fsp3) is 0.231. The van der Waals surface area contributed by atoms with E-state index < -0.39 is 6.10 Å². The predicted molar refractivity (Wildman–Crippen MR) is 76.9 cm³/mol. The molecule has 1 atom stereocenters. The number of aliphatic hydroxyl groups is 1. The maximum atomic E-state index is 10.2. The highest BCUT2D eigenvalue weighted by molar-refractivity contribution is 9.10. The van der Waals surface area contributed by atoms with E-state index in [4.69, 9.17) is 11.6 Å². The Morgan fingerprint density at radius 2 is 2.18 bits per heavy atom. The molecule has 0 fully saturated rings. The van der Waals surface area contributed by atoms with Crippen LogP contribution in [0.2, 0.25) is 5.02 Å². The van der Waals surface area contributed by atoms with Gasteiger partial charge >= 0.3 is 0 Å². The van der Waals surface area contributed by atoms with Crippen LogP contribution < -0.4 is 0 Å². The van der Waals surface area contributed by atoms with Crippen molar-refractivity contribution in [2.24, 2.45) is 0 Å². The quantitative estimate of drug-likeness (QED) is 0.860. The van der Waals surface area contributed by atoms with Crippen LogP contribution in [-0.4, -0.2) is 5.11 Å². The lowest BCUT2D eigenvalue weighted by molar-refractivity contribution is 0.178. The first-order chi connectivity index (χ1) is 8.08. The van der Waals surface area contributed by atoms with E-state index >= 15 is 0 Å². The van der Waals surface area contributed by atoms with E-state index in [9.17, 15) is 5.11 Å². The number of benzene rings is 1. The van der Waals surface area contributed by atoms with Crippen LogP contribution in [0.1, 0.15) is 22.8 Å². The molecule has 1 heterocycles. The lowest BCUT2D eigenvalue weighted by Crippen LogP contribution is -2.02. The van der Waals surface area contributed by atoms with Crippen LogP contribution >= 0.6 is 38.9 Å². The molecule has 0 spiro atoms. The molecule has 0 aliphatic rings. The van der Waals surface area contributed by atoms with Crippen LogP contribution in [0.5, 0.6) is 0 Å².